The zero-order chi connectivity index (χ0) is 25.2. The fourth-order valence-electron chi connectivity index (χ4n) is 2.29. The van der Waals surface area contributed by atoms with E-state index in [-0.39, 0.29) is 0 Å². The summed E-state index contributed by atoms with van der Waals surface area (Å²) in [6.07, 6.45) is -3.93. The van der Waals surface area contributed by atoms with Gasteiger partial charge < -0.3 is 48.5 Å². The van der Waals surface area contributed by atoms with E-state index in [9.17, 15) is 38.7 Å². The first-order valence-electron chi connectivity index (χ1n) is 9.01. The second-order valence-corrected chi connectivity index (χ2v) is 6.73. The first kappa shape index (κ1) is 28.2. The van der Waals surface area contributed by atoms with E-state index in [0.29, 0.717) is 0 Å². The van der Waals surface area contributed by atoms with E-state index >= 15 is 0 Å². The normalized spacial score (nSPS) is 15.2. The number of rotatable bonds is 14. The predicted molar refractivity (Wildman–Crippen MR) is 103 cm³/mol. The molecule has 0 aliphatic heterocycles. The lowest BCUT2D eigenvalue weighted by molar-refractivity contribution is -0.147. The van der Waals surface area contributed by atoms with Gasteiger partial charge in [0.2, 0.25) is 29.5 Å². The summed E-state index contributed by atoms with van der Waals surface area (Å²) in [6.45, 7) is 1.10. The van der Waals surface area contributed by atoms with Gasteiger partial charge in [-0.15, -0.1) is 0 Å². The Hall–Kier alpha value is -3.79. The van der Waals surface area contributed by atoms with Crippen LogP contribution in [0.3, 0.4) is 0 Å². The van der Waals surface area contributed by atoms with Crippen LogP contribution >= 0.6 is 0 Å². The SMILES string of the molecule is CC(O)C(NC(=O)C(N)CC(N)=O)C(=O)NC(CC(N)=O)C(=O)NC(CC(=O)O)C(=O)O. The molecule has 16 heteroatoms. The van der Waals surface area contributed by atoms with Gasteiger partial charge in [0.15, 0.2) is 0 Å². The van der Waals surface area contributed by atoms with Crippen LogP contribution in [0.2, 0.25) is 0 Å². The highest BCUT2D eigenvalue weighted by Gasteiger charge is 2.33. The van der Waals surface area contributed by atoms with Crippen molar-refractivity contribution in [1.82, 2.24) is 16.0 Å². The quantitative estimate of drug-likeness (QED) is 0.117. The number of carboxylic acid groups (broad SMARTS) is 2. The van der Waals surface area contributed by atoms with Crippen LogP contribution in [0.15, 0.2) is 0 Å². The average molecular weight is 462 g/mol. The average Bonchev–Trinajstić information content (AvgIpc) is 2.62. The first-order chi connectivity index (χ1) is 14.6. The fraction of sp³-hybridized carbons (Fsp3) is 0.562. The molecule has 0 saturated heterocycles. The van der Waals surface area contributed by atoms with Crippen molar-refractivity contribution in [3.8, 4) is 0 Å². The molecule has 0 aromatic carbocycles. The molecule has 32 heavy (non-hydrogen) atoms. The number of hydrogen-bond acceptors (Lipinski definition) is 9. The smallest absolute Gasteiger partial charge is 0.326 e. The molecule has 0 aromatic heterocycles. The van der Waals surface area contributed by atoms with Crippen LogP contribution in [-0.2, 0) is 33.6 Å². The molecule has 12 N–H and O–H groups in total. The van der Waals surface area contributed by atoms with Gasteiger partial charge in [0, 0.05) is 0 Å². The highest BCUT2D eigenvalue weighted by atomic mass is 16.4. The molecule has 0 aromatic rings. The minimum Gasteiger partial charge on any atom is -0.481 e. The Morgan fingerprint density at radius 3 is 1.66 bits per heavy atom. The minimum atomic E-state index is -1.88. The van der Waals surface area contributed by atoms with Gasteiger partial charge in [0.05, 0.1) is 31.4 Å². The molecule has 0 aliphatic rings. The lowest BCUT2D eigenvalue weighted by Gasteiger charge is -2.25. The van der Waals surface area contributed by atoms with E-state index in [2.05, 4.69) is 5.32 Å². The molecule has 5 amide bonds. The Morgan fingerprint density at radius 1 is 0.750 bits per heavy atom. The maximum Gasteiger partial charge on any atom is 0.326 e. The molecular weight excluding hydrogens is 436 g/mol. The number of amides is 5. The van der Waals surface area contributed by atoms with Crippen molar-refractivity contribution in [2.24, 2.45) is 17.2 Å². The topological polar surface area (TPSA) is 294 Å². The van der Waals surface area contributed by atoms with Crippen molar-refractivity contribution >= 4 is 41.5 Å². The number of nitrogens with one attached hydrogen (secondary N) is 3. The molecule has 0 aliphatic carbocycles. The minimum absolute atomic E-state index is 0.563. The van der Waals surface area contributed by atoms with Gasteiger partial charge in [0.1, 0.15) is 18.1 Å². The molecular formula is C16H26N6O10. The van der Waals surface area contributed by atoms with Crippen molar-refractivity contribution < 1.29 is 48.9 Å². The zero-order valence-corrected chi connectivity index (χ0v) is 16.9. The van der Waals surface area contributed by atoms with Crippen LogP contribution in [0.1, 0.15) is 26.2 Å². The summed E-state index contributed by atoms with van der Waals surface area (Å²) in [5, 5.41) is 33.4. The molecule has 16 nitrogen and oxygen atoms in total. The number of carboxylic acids is 2. The van der Waals surface area contributed by atoms with Crippen molar-refractivity contribution in [2.45, 2.75) is 56.5 Å². The fourth-order valence-corrected chi connectivity index (χ4v) is 2.29. The van der Waals surface area contributed by atoms with E-state index in [1.807, 2.05) is 10.6 Å². The summed E-state index contributed by atoms with van der Waals surface area (Å²) in [5.41, 5.74) is 15.4. The molecule has 0 fully saturated rings. The van der Waals surface area contributed by atoms with E-state index in [4.69, 9.17) is 27.4 Å². The summed E-state index contributed by atoms with van der Waals surface area (Å²) < 4.78 is 0. The lowest BCUT2D eigenvalue weighted by atomic mass is 10.1. The molecule has 5 atom stereocenters. The van der Waals surface area contributed by atoms with Crippen molar-refractivity contribution in [3.63, 3.8) is 0 Å². The van der Waals surface area contributed by atoms with Gasteiger partial charge >= 0.3 is 11.9 Å². The summed E-state index contributed by atoms with van der Waals surface area (Å²) in [7, 11) is 0. The maximum absolute atomic E-state index is 12.5. The molecule has 0 rings (SSSR count). The lowest BCUT2D eigenvalue weighted by Crippen LogP contribution is -2.60. The van der Waals surface area contributed by atoms with Gasteiger partial charge in [-0.3, -0.25) is 28.8 Å². The standard InChI is InChI=1S/C16H26N6O10/c1-5(23)12(22-13(28)6(17)2-9(18)24)15(30)20-7(3-10(19)25)14(29)21-8(16(31)32)4-11(26)27/h5-8,12,23H,2-4,17H2,1H3,(H2,18,24)(H2,19,25)(H,20,30)(H,21,29)(H,22,28)(H,26,27)(H,31,32). The van der Waals surface area contributed by atoms with Gasteiger partial charge in [-0.1, -0.05) is 0 Å². The third kappa shape index (κ3) is 10.3. The number of carbonyl (C=O) groups is 7. The van der Waals surface area contributed by atoms with Crippen LogP contribution in [0.4, 0.5) is 0 Å². The largest absolute Gasteiger partial charge is 0.481 e. The molecule has 5 unspecified atom stereocenters. The monoisotopic (exact) mass is 462 g/mol. The summed E-state index contributed by atoms with van der Waals surface area (Å²) in [6, 6.07) is -6.81. The van der Waals surface area contributed by atoms with Crippen LogP contribution in [0.5, 0.6) is 0 Å². The maximum atomic E-state index is 12.5. The second kappa shape index (κ2) is 12.8. The van der Waals surface area contributed by atoms with Crippen molar-refractivity contribution in [2.75, 3.05) is 0 Å². The van der Waals surface area contributed by atoms with Crippen LogP contribution in [0.25, 0.3) is 0 Å². The number of nitrogens with two attached hydrogens (primary N) is 3. The van der Waals surface area contributed by atoms with Crippen LogP contribution < -0.4 is 33.2 Å². The number of aliphatic carboxylic acids is 2. The molecule has 180 valence electrons. The zero-order valence-electron chi connectivity index (χ0n) is 16.9. The first-order valence-corrected chi connectivity index (χ1v) is 9.01. The molecule has 0 saturated carbocycles. The molecule has 0 spiro atoms. The summed E-state index contributed by atoms with van der Waals surface area (Å²) >= 11 is 0. The number of aliphatic hydroxyl groups excluding tert-OH is 1. The highest BCUT2D eigenvalue weighted by Crippen LogP contribution is 2.02. The summed E-state index contributed by atoms with van der Waals surface area (Å²) in [5.74, 6) is -8.71. The third-order valence-electron chi connectivity index (χ3n) is 3.85. The Bertz CT molecular complexity index is 770. The summed E-state index contributed by atoms with van der Waals surface area (Å²) in [4.78, 5) is 80.8. The molecule has 0 radical (unpaired) electrons. The Morgan fingerprint density at radius 2 is 1.25 bits per heavy atom. The predicted octanol–water partition coefficient (Wildman–Crippen LogP) is -5.54. The molecule has 0 bridgehead atoms. The van der Waals surface area contributed by atoms with E-state index in [1.165, 1.54) is 0 Å². The van der Waals surface area contributed by atoms with Gasteiger partial charge in [0.25, 0.3) is 0 Å². The van der Waals surface area contributed by atoms with Crippen molar-refractivity contribution in [1.29, 1.82) is 0 Å². The third-order valence-corrected chi connectivity index (χ3v) is 3.85. The van der Waals surface area contributed by atoms with E-state index < -0.39 is 91.0 Å². The van der Waals surface area contributed by atoms with Crippen molar-refractivity contribution in [3.05, 3.63) is 0 Å². The highest BCUT2D eigenvalue weighted by molar-refractivity contribution is 5.97. The van der Waals surface area contributed by atoms with Gasteiger partial charge in [-0.05, 0) is 6.92 Å². The van der Waals surface area contributed by atoms with Gasteiger partial charge in [-0.2, -0.15) is 0 Å². The van der Waals surface area contributed by atoms with E-state index in [1.54, 1.807) is 0 Å². The second-order valence-electron chi connectivity index (χ2n) is 6.73. The number of aliphatic hydroxyl groups is 1. The van der Waals surface area contributed by atoms with Gasteiger partial charge in [-0.25, -0.2) is 4.79 Å². The number of primary amides is 2. The Labute approximate surface area is 180 Å². The Balaban J connectivity index is 5.49. The number of hydrogen-bond donors (Lipinski definition) is 9. The van der Waals surface area contributed by atoms with E-state index in [0.717, 1.165) is 6.92 Å². The molecule has 0 heterocycles. The van der Waals surface area contributed by atoms with Crippen LogP contribution in [0, 0.1) is 0 Å². The number of carbonyl (C=O) groups excluding carboxylic acids is 5. The Kier molecular flexibility index (Phi) is 11.3. The van der Waals surface area contributed by atoms with Crippen LogP contribution in [-0.4, -0.2) is 87.1 Å².